The number of fused-ring (bicyclic) bond motifs is 2. The van der Waals surface area contributed by atoms with Gasteiger partial charge in [0.1, 0.15) is 6.20 Å². The van der Waals surface area contributed by atoms with Crippen LogP contribution in [-0.2, 0) is 14.0 Å². The first-order valence-electron chi connectivity index (χ1n) is 6.50. The zero-order valence-corrected chi connectivity index (χ0v) is 11.6. The van der Waals surface area contributed by atoms with Crippen molar-refractivity contribution in [2.75, 3.05) is 0 Å². The van der Waals surface area contributed by atoms with E-state index in [4.69, 9.17) is 14.0 Å². The third kappa shape index (κ3) is 1.41. The number of aromatic nitrogens is 1. The van der Waals surface area contributed by atoms with Crippen molar-refractivity contribution in [2.24, 2.45) is 0 Å². The first kappa shape index (κ1) is 12.1. The Labute approximate surface area is 108 Å². The number of rotatable bonds is 0. The number of hydrogen-bond donors (Lipinski definition) is 0. The van der Waals surface area contributed by atoms with Gasteiger partial charge in [0.25, 0.3) is 0 Å². The molecule has 0 unspecified atom stereocenters. The Balaban J connectivity index is 2.11. The Kier molecular flexibility index (Phi) is 2.26. The summed E-state index contributed by atoms with van der Waals surface area (Å²) in [5.41, 5.74) is 0.305. The first-order chi connectivity index (χ1) is 8.28. The van der Waals surface area contributed by atoms with Crippen LogP contribution in [0.25, 0.3) is 0 Å². The minimum Gasteiger partial charge on any atom is -0.470 e. The zero-order chi connectivity index (χ0) is 13.2. The molecular weight excluding hydrogens is 229 g/mol. The monoisotopic (exact) mass is 249 g/mol. The largest absolute Gasteiger partial charge is 0.702 e. The second-order valence-electron chi connectivity index (χ2n) is 6.17. The summed E-state index contributed by atoms with van der Waals surface area (Å²) in [6, 6.07) is 6.03. The molecule has 3 heterocycles. The van der Waals surface area contributed by atoms with Crippen molar-refractivity contribution in [3.63, 3.8) is 0 Å². The average Bonchev–Trinajstić information content (AvgIpc) is 2.61. The summed E-state index contributed by atoms with van der Waals surface area (Å²) >= 11 is 0. The fourth-order valence-electron chi connectivity index (χ4n) is 2.72. The molecule has 1 aromatic heterocycles. The average molecular weight is 249 g/mol. The minimum atomic E-state index is -1.88. The number of nitrogens with zero attached hydrogens (tertiary/aromatic N) is 1. The Morgan fingerprint density at radius 2 is 1.72 bits per heavy atom. The molecule has 4 nitrogen and oxygen atoms in total. The predicted molar refractivity (Wildman–Crippen MR) is 67.6 cm³/mol. The third-order valence-electron chi connectivity index (χ3n) is 4.39. The van der Waals surface area contributed by atoms with Gasteiger partial charge in [-0.15, -0.1) is 0 Å². The highest BCUT2D eigenvalue weighted by atomic mass is 16.8. The fourth-order valence-corrected chi connectivity index (χ4v) is 2.72. The molecule has 0 radical (unpaired) electrons. The van der Waals surface area contributed by atoms with Crippen LogP contribution in [0.5, 0.6) is 0 Å². The summed E-state index contributed by atoms with van der Waals surface area (Å²) in [7, 11) is 0. The van der Waals surface area contributed by atoms with Crippen molar-refractivity contribution in [1.82, 2.24) is 0 Å². The smallest absolute Gasteiger partial charge is 0.470 e. The standard InChI is InChI=1S/C13H20BNO3/c1-10-11-8-6-7-9-15(11)14(16-10)17-12(2,3)13(4,5)18-14/h6-10H,1-5H3/t10-/m1/s1. The Morgan fingerprint density at radius 1 is 1.11 bits per heavy atom. The molecule has 1 spiro atoms. The van der Waals surface area contributed by atoms with E-state index in [0.717, 1.165) is 5.69 Å². The van der Waals surface area contributed by atoms with Crippen molar-refractivity contribution in [1.29, 1.82) is 0 Å². The quantitative estimate of drug-likeness (QED) is 0.658. The third-order valence-corrected chi connectivity index (χ3v) is 4.39. The molecule has 98 valence electrons. The van der Waals surface area contributed by atoms with E-state index < -0.39 is 18.1 Å². The van der Waals surface area contributed by atoms with Gasteiger partial charge in [0.05, 0.1) is 17.3 Å². The fraction of sp³-hybridized carbons (Fsp3) is 0.615. The molecule has 5 heteroatoms. The molecule has 0 saturated carbocycles. The zero-order valence-electron chi connectivity index (χ0n) is 11.6. The van der Waals surface area contributed by atoms with Gasteiger partial charge < -0.3 is 18.4 Å². The SMILES string of the molecule is C[C@H]1O[B-]2(OC(C)(C)C(C)(C)O2)[n+]2ccccc21. The van der Waals surface area contributed by atoms with Crippen molar-refractivity contribution < 1.29 is 18.4 Å². The van der Waals surface area contributed by atoms with Crippen molar-refractivity contribution in [3.8, 4) is 0 Å². The van der Waals surface area contributed by atoms with Crippen LogP contribution in [0, 0.1) is 0 Å². The van der Waals surface area contributed by atoms with Crippen LogP contribution in [0.15, 0.2) is 24.4 Å². The van der Waals surface area contributed by atoms with E-state index >= 15 is 0 Å². The lowest BCUT2D eigenvalue weighted by Crippen LogP contribution is -2.66. The van der Waals surface area contributed by atoms with Crippen LogP contribution in [0.4, 0.5) is 0 Å². The molecule has 1 fully saturated rings. The Morgan fingerprint density at radius 3 is 2.33 bits per heavy atom. The molecule has 1 aromatic rings. The van der Waals surface area contributed by atoms with Gasteiger partial charge >= 0.3 is 6.89 Å². The molecular formula is C13H20BNO3. The van der Waals surface area contributed by atoms with Gasteiger partial charge in [0.2, 0.25) is 0 Å². The van der Waals surface area contributed by atoms with Crippen LogP contribution >= 0.6 is 0 Å². The lowest BCUT2D eigenvalue weighted by molar-refractivity contribution is -0.582. The number of hydrogen-bond acceptors (Lipinski definition) is 3. The molecule has 0 bridgehead atoms. The highest BCUT2D eigenvalue weighted by Gasteiger charge is 2.66. The van der Waals surface area contributed by atoms with Crippen LogP contribution in [0.1, 0.15) is 46.4 Å². The van der Waals surface area contributed by atoms with E-state index in [1.807, 2.05) is 63.5 Å². The molecule has 2 aliphatic rings. The topological polar surface area (TPSA) is 31.6 Å². The van der Waals surface area contributed by atoms with E-state index in [-0.39, 0.29) is 6.10 Å². The van der Waals surface area contributed by atoms with Crippen molar-refractivity contribution in [2.45, 2.75) is 51.9 Å². The van der Waals surface area contributed by atoms with Crippen molar-refractivity contribution in [3.05, 3.63) is 30.1 Å². The lowest BCUT2D eigenvalue weighted by Gasteiger charge is -2.35. The summed E-state index contributed by atoms with van der Waals surface area (Å²) in [6.45, 7) is 8.30. The maximum atomic E-state index is 6.19. The molecule has 0 aromatic carbocycles. The Bertz CT molecular complexity index is 485. The number of pyridine rings is 1. The molecule has 1 atom stereocenters. The molecule has 3 rings (SSSR count). The molecule has 2 aliphatic heterocycles. The van der Waals surface area contributed by atoms with Crippen LogP contribution < -0.4 is 4.48 Å². The summed E-state index contributed by atoms with van der Waals surface area (Å²) in [5, 5.41) is 0. The van der Waals surface area contributed by atoms with Crippen LogP contribution in [-0.4, -0.2) is 18.1 Å². The predicted octanol–water partition coefficient (Wildman–Crippen LogP) is 1.95. The summed E-state index contributed by atoms with van der Waals surface area (Å²) in [6.07, 6.45) is 1.95. The van der Waals surface area contributed by atoms with E-state index in [1.165, 1.54) is 0 Å². The maximum absolute atomic E-state index is 6.19. The maximum Gasteiger partial charge on any atom is 0.702 e. The summed E-state index contributed by atoms with van der Waals surface area (Å²) in [5.74, 6) is 0. The summed E-state index contributed by atoms with van der Waals surface area (Å²) < 4.78 is 20.4. The minimum absolute atomic E-state index is 0.0177. The first-order valence-corrected chi connectivity index (χ1v) is 6.50. The molecule has 1 saturated heterocycles. The van der Waals surface area contributed by atoms with Crippen LogP contribution in [0.3, 0.4) is 0 Å². The van der Waals surface area contributed by atoms with Gasteiger partial charge in [-0.05, 0) is 40.7 Å². The van der Waals surface area contributed by atoms with Gasteiger partial charge in [-0.1, -0.05) is 6.07 Å². The van der Waals surface area contributed by atoms with Gasteiger partial charge in [0.15, 0.2) is 5.69 Å². The van der Waals surface area contributed by atoms with Gasteiger partial charge in [-0.25, -0.2) is 0 Å². The van der Waals surface area contributed by atoms with E-state index in [9.17, 15) is 0 Å². The molecule has 0 amide bonds. The highest BCUT2D eigenvalue weighted by molar-refractivity contribution is 6.52. The van der Waals surface area contributed by atoms with E-state index in [1.54, 1.807) is 0 Å². The van der Waals surface area contributed by atoms with E-state index in [2.05, 4.69) is 0 Å². The second kappa shape index (κ2) is 3.35. The highest BCUT2D eigenvalue weighted by Crippen LogP contribution is 2.44. The van der Waals surface area contributed by atoms with Gasteiger partial charge in [-0.2, -0.15) is 0 Å². The molecule has 0 N–H and O–H groups in total. The summed E-state index contributed by atoms with van der Waals surface area (Å²) in [4.78, 5) is 0. The van der Waals surface area contributed by atoms with E-state index in [0.29, 0.717) is 0 Å². The van der Waals surface area contributed by atoms with Crippen molar-refractivity contribution >= 4 is 6.89 Å². The normalized spacial score (nSPS) is 30.6. The Hall–Kier alpha value is -0.905. The van der Waals surface area contributed by atoms with Crippen LogP contribution in [0.2, 0.25) is 0 Å². The van der Waals surface area contributed by atoms with Gasteiger partial charge in [0, 0.05) is 6.07 Å². The molecule has 18 heavy (non-hydrogen) atoms. The molecule has 0 aliphatic carbocycles. The van der Waals surface area contributed by atoms with Gasteiger partial charge in [-0.3, -0.25) is 0 Å². The second-order valence-corrected chi connectivity index (χ2v) is 6.17. The lowest BCUT2D eigenvalue weighted by atomic mass is 9.90.